The number of piperazine rings is 1. The number of thiophene rings is 1. The van der Waals surface area contributed by atoms with Gasteiger partial charge in [0, 0.05) is 61.6 Å². The molecule has 0 unspecified atom stereocenters. The van der Waals surface area contributed by atoms with Gasteiger partial charge in [-0.25, -0.2) is 9.29 Å². The number of nitrogens with zero attached hydrogens (tertiary/aromatic N) is 4. The zero-order chi connectivity index (χ0) is 22.8. The van der Waals surface area contributed by atoms with Crippen LogP contribution in [0.4, 0.5) is 5.82 Å². The summed E-state index contributed by atoms with van der Waals surface area (Å²) in [6.45, 7) is 11.0. The average molecular weight is 485 g/mol. The summed E-state index contributed by atoms with van der Waals surface area (Å²) in [5, 5.41) is 10.9. The molecule has 0 saturated carbocycles. The highest BCUT2D eigenvalue weighted by atomic mass is 32.2. The fraction of sp³-hybridized carbons (Fsp3) is 0.480. The van der Waals surface area contributed by atoms with Crippen molar-refractivity contribution >= 4 is 39.2 Å². The van der Waals surface area contributed by atoms with Crippen LogP contribution in [0.15, 0.2) is 30.3 Å². The van der Waals surface area contributed by atoms with Crippen molar-refractivity contribution in [3.8, 4) is 11.3 Å². The van der Waals surface area contributed by atoms with Crippen molar-refractivity contribution in [1.82, 2.24) is 14.2 Å². The Hall–Kier alpha value is -1.68. The minimum atomic E-state index is 0.0395. The van der Waals surface area contributed by atoms with E-state index in [0.717, 1.165) is 81.7 Å². The van der Waals surface area contributed by atoms with Gasteiger partial charge in [-0.1, -0.05) is 30.1 Å². The molecule has 0 amide bonds. The third kappa shape index (κ3) is 4.92. The first-order valence-corrected chi connectivity index (χ1v) is 13.6. The summed E-state index contributed by atoms with van der Waals surface area (Å²) in [5.41, 5.74) is 4.31. The third-order valence-corrected chi connectivity index (χ3v) is 8.85. The average Bonchev–Trinajstić information content (AvgIpc) is 3.19. The van der Waals surface area contributed by atoms with Crippen molar-refractivity contribution in [2.24, 2.45) is 0 Å². The zero-order valence-electron chi connectivity index (χ0n) is 19.4. The van der Waals surface area contributed by atoms with Gasteiger partial charge in [0.25, 0.3) is 0 Å². The van der Waals surface area contributed by atoms with Crippen LogP contribution in [0.1, 0.15) is 16.0 Å². The van der Waals surface area contributed by atoms with Gasteiger partial charge in [-0.05, 0) is 36.4 Å². The Balaban J connectivity index is 1.54. The van der Waals surface area contributed by atoms with Crippen LogP contribution in [0.25, 0.3) is 21.3 Å². The van der Waals surface area contributed by atoms with E-state index in [1.807, 2.05) is 41.5 Å². The Morgan fingerprint density at radius 3 is 2.61 bits per heavy atom. The van der Waals surface area contributed by atoms with E-state index in [1.54, 1.807) is 0 Å². The summed E-state index contributed by atoms with van der Waals surface area (Å²) < 4.78 is 9.35. The van der Waals surface area contributed by atoms with Crippen LogP contribution < -0.4 is 4.90 Å². The summed E-state index contributed by atoms with van der Waals surface area (Å²) >= 11 is 3.76. The lowest BCUT2D eigenvalue weighted by atomic mass is 10.0. The molecule has 2 aromatic heterocycles. The molecule has 176 valence electrons. The van der Waals surface area contributed by atoms with Gasteiger partial charge in [0.05, 0.1) is 30.2 Å². The number of aliphatic hydroxyl groups is 1. The molecular formula is C25H32N4O2S2. The number of rotatable bonds is 6. The van der Waals surface area contributed by atoms with Crippen LogP contribution in [0.5, 0.6) is 0 Å². The molecule has 0 bridgehead atoms. The molecule has 5 rings (SSSR count). The molecular weight excluding hydrogens is 452 g/mol. The Bertz CT molecular complexity index is 1110. The van der Waals surface area contributed by atoms with E-state index in [0.29, 0.717) is 0 Å². The maximum Gasteiger partial charge on any atom is 0.147 e. The van der Waals surface area contributed by atoms with Gasteiger partial charge in [-0.2, -0.15) is 0 Å². The van der Waals surface area contributed by atoms with Crippen molar-refractivity contribution in [3.05, 3.63) is 46.3 Å². The van der Waals surface area contributed by atoms with Gasteiger partial charge in [0.1, 0.15) is 5.82 Å². The number of anilines is 1. The van der Waals surface area contributed by atoms with Gasteiger partial charge in [0.2, 0.25) is 0 Å². The lowest BCUT2D eigenvalue weighted by Gasteiger charge is -2.33. The van der Waals surface area contributed by atoms with Gasteiger partial charge < -0.3 is 14.7 Å². The monoisotopic (exact) mass is 484 g/mol. The van der Waals surface area contributed by atoms with Gasteiger partial charge in [0.15, 0.2) is 0 Å². The largest absolute Gasteiger partial charge is 0.392 e. The predicted octanol–water partition coefficient (Wildman–Crippen LogP) is 4.00. The first-order chi connectivity index (χ1) is 16.2. The standard InChI is InChI=1S/C25H32N4O2S2/c1-18-21-15-22(20-5-3-4-19(14-20)17-30)26-25(28-10-12-31-13-11-28)24(21)33-23(18)16-27-6-8-29(32-2)9-7-27/h3-5,14-15,30H,6-13,16-17H2,1-2H3. The van der Waals surface area contributed by atoms with Crippen LogP contribution >= 0.6 is 23.3 Å². The lowest BCUT2D eigenvalue weighted by Crippen LogP contribution is -2.42. The summed E-state index contributed by atoms with van der Waals surface area (Å²) in [5.74, 6) is 1.08. The highest BCUT2D eigenvalue weighted by molar-refractivity contribution is 7.96. The number of hydrogen-bond donors (Lipinski definition) is 1. The molecule has 6 nitrogen and oxygen atoms in total. The third-order valence-electron chi connectivity index (χ3n) is 6.68. The fourth-order valence-corrected chi connectivity index (χ4v) is 6.51. The molecule has 1 aromatic carbocycles. The molecule has 2 aliphatic rings. The maximum absolute atomic E-state index is 9.62. The smallest absolute Gasteiger partial charge is 0.147 e. The van der Waals surface area contributed by atoms with E-state index >= 15 is 0 Å². The van der Waals surface area contributed by atoms with E-state index in [2.05, 4.69) is 39.4 Å². The van der Waals surface area contributed by atoms with Crippen molar-refractivity contribution in [1.29, 1.82) is 0 Å². The van der Waals surface area contributed by atoms with E-state index in [1.165, 1.54) is 20.5 Å². The van der Waals surface area contributed by atoms with Crippen molar-refractivity contribution in [2.75, 3.05) is 63.6 Å². The van der Waals surface area contributed by atoms with Crippen molar-refractivity contribution in [2.45, 2.75) is 20.1 Å². The van der Waals surface area contributed by atoms with Crippen LogP contribution in [0.2, 0.25) is 0 Å². The van der Waals surface area contributed by atoms with E-state index < -0.39 is 0 Å². The van der Waals surface area contributed by atoms with E-state index in [-0.39, 0.29) is 6.61 Å². The number of pyridine rings is 1. The molecule has 3 aromatic rings. The maximum atomic E-state index is 9.62. The quantitative estimate of drug-likeness (QED) is 0.531. The number of hydrogen-bond acceptors (Lipinski definition) is 8. The second-order valence-corrected chi connectivity index (χ2v) is 10.7. The number of aliphatic hydroxyl groups excluding tert-OH is 1. The SMILES string of the molecule is CSN1CCN(Cc2sc3c(N4CCOCC4)nc(-c4cccc(CO)c4)cc3c2C)CC1. The fourth-order valence-electron chi connectivity index (χ4n) is 4.64. The molecule has 4 heterocycles. The van der Waals surface area contributed by atoms with Crippen LogP contribution in [-0.4, -0.2) is 78.0 Å². The molecule has 8 heteroatoms. The number of benzene rings is 1. The highest BCUT2D eigenvalue weighted by Gasteiger charge is 2.23. The number of aryl methyl sites for hydroxylation is 1. The first kappa shape index (κ1) is 23.1. The Morgan fingerprint density at radius 1 is 1.09 bits per heavy atom. The minimum absolute atomic E-state index is 0.0395. The summed E-state index contributed by atoms with van der Waals surface area (Å²) in [4.78, 5) is 11.6. The molecule has 0 aliphatic carbocycles. The summed E-state index contributed by atoms with van der Waals surface area (Å²) in [6.07, 6.45) is 2.17. The first-order valence-electron chi connectivity index (χ1n) is 11.6. The van der Waals surface area contributed by atoms with Crippen LogP contribution in [0, 0.1) is 6.92 Å². The molecule has 2 aliphatic heterocycles. The summed E-state index contributed by atoms with van der Waals surface area (Å²) in [7, 11) is 0. The molecule has 2 saturated heterocycles. The molecule has 0 atom stereocenters. The second-order valence-electron chi connectivity index (χ2n) is 8.70. The normalized spacial score (nSPS) is 18.3. The Morgan fingerprint density at radius 2 is 1.88 bits per heavy atom. The number of morpholine rings is 1. The Labute approximate surface area is 204 Å². The molecule has 2 fully saturated rings. The number of fused-ring (bicyclic) bond motifs is 1. The summed E-state index contributed by atoms with van der Waals surface area (Å²) in [6, 6.07) is 10.3. The second kappa shape index (κ2) is 10.3. The zero-order valence-corrected chi connectivity index (χ0v) is 21.1. The van der Waals surface area contributed by atoms with E-state index in [9.17, 15) is 5.11 Å². The topological polar surface area (TPSA) is 52.1 Å². The van der Waals surface area contributed by atoms with Gasteiger partial charge in [-0.3, -0.25) is 4.90 Å². The molecule has 1 N–H and O–H groups in total. The van der Waals surface area contributed by atoms with Crippen molar-refractivity contribution in [3.63, 3.8) is 0 Å². The van der Waals surface area contributed by atoms with Gasteiger partial charge in [-0.15, -0.1) is 11.3 Å². The Kier molecular flexibility index (Phi) is 7.20. The van der Waals surface area contributed by atoms with Gasteiger partial charge >= 0.3 is 0 Å². The molecule has 33 heavy (non-hydrogen) atoms. The van der Waals surface area contributed by atoms with Crippen LogP contribution in [0.3, 0.4) is 0 Å². The predicted molar refractivity (Wildman–Crippen MR) is 139 cm³/mol. The van der Waals surface area contributed by atoms with E-state index in [4.69, 9.17) is 9.72 Å². The molecule has 0 spiro atoms. The van der Waals surface area contributed by atoms with Crippen LogP contribution in [-0.2, 0) is 17.9 Å². The highest BCUT2D eigenvalue weighted by Crippen LogP contribution is 2.40. The number of aromatic nitrogens is 1. The molecule has 0 radical (unpaired) electrons. The minimum Gasteiger partial charge on any atom is -0.392 e. The van der Waals surface area contributed by atoms with Crippen molar-refractivity contribution < 1.29 is 9.84 Å². The lowest BCUT2D eigenvalue weighted by molar-refractivity contribution is 0.122. The number of ether oxygens (including phenoxy) is 1.